The monoisotopic (exact) mass is 204 g/mol. The average molecular weight is 204 g/mol. The Hall–Kier alpha value is -1.02. The van der Waals surface area contributed by atoms with Crippen LogP contribution in [0.25, 0.3) is 0 Å². The van der Waals surface area contributed by atoms with Gasteiger partial charge in [-0.05, 0) is 37.8 Å². The van der Waals surface area contributed by atoms with Gasteiger partial charge in [0.2, 0.25) is 0 Å². The quantitative estimate of drug-likeness (QED) is 0.797. The first-order chi connectivity index (χ1) is 7.25. The van der Waals surface area contributed by atoms with Crippen molar-refractivity contribution in [2.45, 2.75) is 25.8 Å². The Morgan fingerprint density at radius 1 is 1.33 bits per heavy atom. The van der Waals surface area contributed by atoms with Crippen molar-refractivity contribution in [3.05, 3.63) is 30.3 Å². The van der Waals surface area contributed by atoms with Crippen molar-refractivity contribution < 1.29 is 0 Å². The zero-order valence-corrected chi connectivity index (χ0v) is 9.39. The Morgan fingerprint density at radius 3 is 2.53 bits per heavy atom. The molecule has 2 rings (SSSR count). The summed E-state index contributed by atoms with van der Waals surface area (Å²) in [5.74, 6) is 0.906. The van der Waals surface area contributed by atoms with E-state index >= 15 is 0 Å². The Bertz CT molecular complexity index is 287. The summed E-state index contributed by atoms with van der Waals surface area (Å²) in [6.07, 6.45) is 2.78. The molecule has 0 aromatic heterocycles. The number of nitrogens with two attached hydrogens (primary N) is 1. The summed E-state index contributed by atoms with van der Waals surface area (Å²) in [6, 6.07) is 10.8. The molecule has 0 radical (unpaired) electrons. The predicted octanol–water partition coefficient (Wildman–Crippen LogP) is 2.25. The molecule has 0 aliphatic heterocycles. The van der Waals surface area contributed by atoms with Gasteiger partial charge in [-0.25, -0.2) is 0 Å². The van der Waals surface area contributed by atoms with Crippen LogP contribution in [0.2, 0.25) is 0 Å². The fourth-order valence-corrected chi connectivity index (χ4v) is 1.88. The summed E-state index contributed by atoms with van der Waals surface area (Å²) in [4.78, 5) is 2.42. The summed E-state index contributed by atoms with van der Waals surface area (Å²) in [5, 5.41) is 0. The fraction of sp³-hybridized carbons (Fsp3) is 0.538. The molecule has 0 bridgehead atoms. The molecule has 1 aliphatic rings. The molecule has 82 valence electrons. The number of hydrogen-bond donors (Lipinski definition) is 1. The van der Waals surface area contributed by atoms with E-state index in [0.29, 0.717) is 0 Å². The second kappa shape index (κ2) is 4.67. The second-order valence-corrected chi connectivity index (χ2v) is 4.66. The smallest absolute Gasteiger partial charge is 0.0366 e. The predicted molar refractivity (Wildman–Crippen MR) is 65.0 cm³/mol. The van der Waals surface area contributed by atoms with E-state index in [-0.39, 0.29) is 6.04 Å². The Kier molecular flexibility index (Phi) is 3.27. The number of hydrogen-bond acceptors (Lipinski definition) is 2. The summed E-state index contributed by atoms with van der Waals surface area (Å²) < 4.78 is 0. The zero-order chi connectivity index (χ0) is 10.7. The van der Waals surface area contributed by atoms with Crippen molar-refractivity contribution in [2.75, 3.05) is 18.0 Å². The van der Waals surface area contributed by atoms with Crippen LogP contribution in [0.3, 0.4) is 0 Å². The molecule has 0 saturated heterocycles. The van der Waals surface area contributed by atoms with Crippen molar-refractivity contribution in [3.63, 3.8) is 0 Å². The molecular weight excluding hydrogens is 184 g/mol. The third-order valence-electron chi connectivity index (χ3n) is 2.81. The van der Waals surface area contributed by atoms with Crippen LogP contribution in [0.5, 0.6) is 0 Å². The van der Waals surface area contributed by atoms with Gasteiger partial charge in [0.1, 0.15) is 0 Å². The van der Waals surface area contributed by atoms with Crippen LogP contribution in [0.15, 0.2) is 30.3 Å². The average Bonchev–Trinajstić information content (AvgIpc) is 3.01. The Balaban J connectivity index is 2.03. The minimum atomic E-state index is 0.240. The molecule has 2 heteroatoms. The number of rotatable bonds is 5. The van der Waals surface area contributed by atoms with E-state index in [1.807, 2.05) is 0 Å². The number of nitrogens with zero attached hydrogens (tertiary/aromatic N) is 1. The van der Waals surface area contributed by atoms with Crippen LogP contribution in [0.4, 0.5) is 5.69 Å². The molecule has 15 heavy (non-hydrogen) atoms. The van der Waals surface area contributed by atoms with Gasteiger partial charge in [-0.1, -0.05) is 18.2 Å². The Morgan fingerprint density at radius 2 is 2.00 bits per heavy atom. The van der Waals surface area contributed by atoms with Gasteiger partial charge in [0.15, 0.2) is 0 Å². The summed E-state index contributed by atoms with van der Waals surface area (Å²) in [7, 11) is 0. The van der Waals surface area contributed by atoms with Crippen molar-refractivity contribution in [3.8, 4) is 0 Å². The van der Waals surface area contributed by atoms with E-state index in [1.165, 1.54) is 25.1 Å². The van der Waals surface area contributed by atoms with Crippen LogP contribution < -0.4 is 10.6 Å². The standard InChI is InChI=1S/C13H20N2/c1-11(14)9-15(10-12-7-8-12)13-5-3-2-4-6-13/h2-6,11-12H,7-10,14H2,1H3. The number of benzene rings is 1. The van der Waals surface area contributed by atoms with Crippen LogP contribution >= 0.6 is 0 Å². The largest absolute Gasteiger partial charge is 0.370 e. The van der Waals surface area contributed by atoms with Gasteiger partial charge in [-0.2, -0.15) is 0 Å². The molecule has 0 spiro atoms. The number of para-hydroxylation sites is 1. The van der Waals surface area contributed by atoms with Crippen molar-refractivity contribution in [2.24, 2.45) is 11.7 Å². The van der Waals surface area contributed by atoms with Crippen LogP contribution in [0, 0.1) is 5.92 Å². The SMILES string of the molecule is CC(N)CN(CC1CC1)c1ccccc1. The van der Waals surface area contributed by atoms with Gasteiger partial charge in [-0.15, -0.1) is 0 Å². The van der Waals surface area contributed by atoms with Crippen LogP contribution in [-0.2, 0) is 0 Å². The molecule has 1 aromatic rings. The van der Waals surface area contributed by atoms with Crippen LogP contribution in [-0.4, -0.2) is 19.1 Å². The summed E-state index contributed by atoms with van der Waals surface area (Å²) >= 11 is 0. The van der Waals surface area contributed by atoms with Crippen molar-refractivity contribution in [1.29, 1.82) is 0 Å². The van der Waals surface area contributed by atoms with E-state index in [4.69, 9.17) is 5.73 Å². The molecule has 2 N–H and O–H groups in total. The highest BCUT2D eigenvalue weighted by molar-refractivity contribution is 5.46. The molecule has 1 atom stereocenters. The molecule has 1 aromatic carbocycles. The van der Waals surface area contributed by atoms with E-state index in [0.717, 1.165) is 12.5 Å². The summed E-state index contributed by atoms with van der Waals surface area (Å²) in [6.45, 7) is 4.20. The second-order valence-electron chi connectivity index (χ2n) is 4.66. The molecular formula is C13H20N2. The van der Waals surface area contributed by atoms with E-state index < -0.39 is 0 Å². The zero-order valence-electron chi connectivity index (χ0n) is 9.39. The normalized spacial score (nSPS) is 17.5. The first-order valence-corrected chi connectivity index (χ1v) is 5.81. The molecule has 0 amide bonds. The maximum absolute atomic E-state index is 5.89. The van der Waals surface area contributed by atoms with Gasteiger partial charge in [0, 0.05) is 24.8 Å². The lowest BCUT2D eigenvalue weighted by atomic mass is 10.2. The first kappa shape index (κ1) is 10.5. The van der Waals surface area contributed by atoms with Gasteiger partial charge in [0.25, 0.3) is 0 Å². The fourth-order valence-electron chi connectivity index (χ4n) is 1.88. The highest BCUT2D eigenvalue weighted by Gasteiger charge is 2.24. The summed E-state index contributed by atoms with van der Waals surface area (Å²) in [5.41, 5.74) is 7.19. The lowest BCUT2D eigenvalue weighted by molar-refractivity contribution is 0.649. The third-order valence-corrected chi connectivity index (χ3v) is 2.81. The minimum absolute atomic E-state index is 0.240. The lowest BCUT2D eigenvalue weighted by Gasteiger charge is -2.26. The molecule has 2 nitrogen and oxygen atoms in total. The highest BCUT2D eigenvalue weighted by atomic mass is 15.1. The van der Waals surface area contributed by atoms with E-state index in [2.05, 4.69) is 42.2 Å². The van der Waals surface area contributed by atoms with Gasteiger partial charge in [-0.3, -0.25) is 0 Å². The van der Waals surface area contributed by atoms with Crippen molar-refractivity contribution in [1.82, 2.24) is 0 Å². The minimum Gasteiger partial charge on any atom is -0.370 e. The highest BCUT2D eigenvalue weighted by Crippen LogP contribution is 2.31. The van der Waals surface area contributed by atoms with Crippen LogP contribution in [0.1, 0.15) is 19.8 Å². The Labute approximate surface area is 92.1 Å². The molecule has 1 aliphatic carbocycles. The molecule has 1 fully saturated rings. The molecule has 1 unspecified atom stereocenters. The maximum atomic E-state index is 5.89. The van der Waals surface area contributed by atoms with Gasteiger partial charge >= 0.3 is 0 Å². The first-order valence-electron chi connectivity index (χ1n) is 5.81. The van der Waals surface area contributed by atoms with Gasteiger partial charge in [0.05, 0.1) is 0 Å². The van der Waals surface area contributed by atoms with Crippen molar-refractivity contribution >= 4 is 5.69 Å². The molecule has 1 saturated carbocycles. The molecule has 0 heterocycles. The van der Waals surface area contributed by atoms with Gasteiger partial charge < -0.3 is 10.6 Å². The van der Waals surface area contributed by atoms with E-state index in [1.54, 1.807) is 0 Å². The third kappa shape index (κ3) is 3.24. The van der Waals surface area contributed by atoms with E-state index in [9.17, 15) is 0 Å². The number of anilines is 1. The topological polar surface area (TPSA) is 29.3 Å². The lowest BCUT2D eigenvalue weighted by Crippen LogP contribution is -2.36. The maximum Gasteiger partial charge on any atom is 0.0366 e.